The maximum absolute atomic E-state index is 9.51. The number of fused-ring (bicyclic) bond motifs is 1. The Kier molecular flexibility index (Phi) is 3.61. The molecule has 1 aromatic rings. The SMILES string of the molecule is COc1cc2c(cc1O)CNCC2.Cl. The van der Waals surface area contributed by atoms with Crippen LogP contribution in [-0.4, -0.2) is 18.8 Å². The standard InChI is InChI=1S/C10H13NO2.ClH/c1-13-10-5-7-2-3-11-6-8(7)4-9(10)12;/h4-5,11-12H,2-3,6H2,1H3;1H. The summed E-state index contributed by atoms with van der Waals surface area (Å²) in [4.78, 5) is 0. The van der Waals surface area contributed by atoms with Gasteiger partial charge in [0.25, 0.3) is 0 Å². The minimum atomic E-state index is 0. The number of phenols is 1. The third-order valence-corrected chi connectivity index (χ3v) is 2.39. The Morgan fingerprint density at radius 2 is 2.14 bits per heavy atom. The molecule has 0 aliphatic carbocycles. The van der Waals surface area contributed by atoms with Gasteiger partial charge in [-0.3, -0.25) is 0 Å². The van der Waals surface area contributed by atoms with E-state index in [2.05, 4.69) is 5.32 Å². The lowest BCUT2D eigenvalue weighted by atomic mass is 10.0. The number of aromatic hydroxyl groups is 1. The molecule has 1 aliphatic heterocycles. The average molecular weight is 216 g/mol. The maximum atomic E-state index is 9.51. The largest absolute Gasteiger partial charge is 0.504 e. The Morgan fingerprint density at radius 1 is 1.36 bits per heavy atom. The highest BCUT2D eigenvalue weighted by molar-refractivity contribution is 5.85. The number of ether oxygens (including phenoxy) is 1. The Hall–Kier alpha value is -0.930. The summed E-state index contributed by atoms with van der Waals surface area (Å²) in [5.41, 5.74) is 2.44. The van der Waals surface area contributed by atoms with Gasteiger partial charge in [-0.2, -0.15) is 0 Å². The Labute approximate surface area is 89.5 Å². The van der Waals surface area contributed by atoms with Crippen LogP contribution in [0.25, 0.3) is 0 Å². The molecule has 14 heavy (non-hydrogen) atoms. The van der Waals surface area contributed by atoms with Crippen molar-refractivity contribution in [1.82, 2.24) is 5.32 Å². The van der Waals surface area contributed by atoms with E-state index in [0.29, 0.717) is 5.75 Å². The Bertz CT molecular complexity index is 328. The van der Waals surface area contributed by atoms with Crippen molar-refractivity contribution >= 4 is 12.4 Å². The predicted octanol–water partition coefficient (Wildman–Crippen LogP) is 1.47. The fraction of sp³-hybridized carbons (Fsp3) is 0.400. The van der Waals surface area contributed by atoms with Gasteiger partial charge in [-0.25, -0.2) is 0 Å². The van der Waals surface area contributed by atoms with E-state index in [9.17, 15) is 5.11 Å². The summed E-state index contributed by atoms with van der Waals surface area (Å²) in [6.07, 6.45) is 1.01. The van der Waals surface area contributed by atoms with Gasteiger partial charge < -0.3 is 15.2 Å². The molecule has 78 valence electrons. The highest BCUT2D eigenvalue weighted by atomic mass is 35.5. The van der Waals surface area contributed by atoms with Crippen molar-refractivity contribution < 1.29 is 9.84 Å². The van der Waals surface area contributed by atoms with Crippen LogP contribution in [0.4, 0.5) is 0 Å². The van der Waals surface area contributed by atoms with Crippen LogP contribution in [0.5, 0.6) is 11.5 Å². The molecule has 0 unspecified atom stereocenters. The monoisotopic (exact) mass is 215 g/mol. The van der Waals surface area contributed by atoms with E-state index in [0.717, 1.165) is 19.5 Å². The van der Waals surface area contributed by atoms with Crippen molar-refractivity contribution in [3.63, 3.8) is 0 Å². The van der Waals surface area contributed by atoms with E-state index in [4.69, 9.17) is 4.74 Å². The van der Waals surface area contributed by atoms with Crippen molar-refractivity contribution in [1.29, 1.82) is 0 Å². The van der Waals surface area contributed by atoms with Gasteiger partial charge in [0.15, 0.2) is 11.5 Å². The third kappa shape index (κ3) is 1.94. The molecular formula is C10H14ClNO2. The van der Waals surface area contributed by atoms with Crippen LogP contribution in [0.2, 0.25) is 0 Å². The number of nitrogens with one attached hydrogen (secondary N) is 1. The van der Waals surface area contributed by atoms with Crippen LogP contribution < -0.4 is 10.1 Å². The molecule has 0 spiro atoms. The van der Waals surface area contributed by atoms with Gasteiger partial charge in [-0.15, -0.1) is 12.4 Å². The molecule has 0 radical (unpaired) electrons. The van der Waals surface area contributed by atoms with Crippen molar-refractivity contribution in [2.45, 2.75) is 13.0 Å². The second-order valence-electron chi connectivity index (χ2n) is 3.22. The molecule has 1 aromatic carbocycles. The Morgan fingerprint density at radius 3 is 2.86 bits per heavy atom. The molecule has 0 bridgehead atoms. The second-order valence-corrected chi connectivity index (χ2v) is 3.22. The Balaban J connectivity index is 0.000000980. The zero-order chi connectivity index (χ0) is 9.26. The molecule has 3 nitrogen and oxygen atoms in total. The number of benzene rings is 1. The minimum absolute atomic E-state index is 0. The first-order valence-corrected chi connectivity index (χ1v) is 4.40. The van der Waals surface area contributed by atoms with Crippen LogP contribution in [-0.2, 0) is 13.0 Å². The number of rotatable bonds is 1. The molecule has 0 saturated heterocycles. The van der Waals surface area contributed by atoms with Crippen LogP contribution in [0, 0.1) is 0 Å². The van der Waals surface area contributed by atoms with Crippen molar-refractivity contribution in [3.8, 4) is 11.5 Å². The summed E-state index contributed by atoms with van der Waals surface area (Å²) < 4.78 is 5.04. The van der Waals surface area contributed by atoms with Gasteiger partial charge in [0, 0.05) is 6.54 Å². The molecular weight excluding hydrogens is 202 g/mol. The van der Waals surface area contributed by atoms with Crippen molar-refractivity contribution in [2.75, 3.05) is 13.7 Å². The van der Waals surface area contributed by atoms with Gasteiger partial charge >= 0.3 is 0 Å². The molecule has 1 aliphatic rings. The summed E-state index contributed by atoms with van der Waals surface area (Å²) in [5, 5.41) is 12.8. The number of methoxy groups -OCH3 is 1. The molecule has 0 atom stereocenters. The second kappa shape index (κ2) is 4.53. The number of hydrogen-bond donors (Lipinski definition) is 2. The molecule has 0 amide bonds. The van der Waals surface area contributed by atoms with Gasteiger partial charge in [0.2, 0.25) is 0 Å². The van der Waals surface area contributed by atoms with Gasteiger partial charge in [-0.05, 0) is 36.2 Å². The fourth-order valence-corrected chi connectivity index (χ4v) is 1.66. The van der Waals surface area contributed by atoms with E-state index in [-0.39, 0.29) is 18.2 Å². The molecule has 0 fully saturated rings. The summed E-state index contributed by atoms with van der Waals surface area (Å²) in [7, 11) is 1.57. The maximum Gasteiger partial charge on any atom is 0.160 e. The molecule has 0 aromatic heterocycles. The molecule has 2 rings (SSSR count). The van der Waals surface area contributed by atoms with Gasteiger partial charge in [0.05, 0.1) is 7.11 Å². The first kappa shape index (κ1) is 11.1. The van der Waals surface area contributed by atoms with Crippen LogP contribution in [0.15, 0.2) is 12.1 Å². The summed E-state index contributed by atoms with van der Waals surface area (Å²) in [6, 6.07) is 3.70. The lowest BCUT2D eigenvalue weighted by Crippen LogP contribution is -2.23. The summed E-state index contributed by atoms with van der Waals surface area (Å²) >= 11 is 0. The topological polar surface area (TPSA) is 41.5 Å². The molecule has 0 saturated carbocycles. The summed E-state index contributed by atoms with van der Waals surface area (Å²) in [6.45, 7) is 1.84. The van der Waals surface area contributed by atoms with Crippen molar-refractivity contribution in [3.05, 3.63) is 23.3 Å². The van der Waals surface area contributed by atoms with E-state index < -0.39 is 0 Å². The highest BCUT2D eigenvalue weighted by Gasteiger charge is 2.12. The molecule has 1 heterocycles. The molecule has 4 heteroatoms. The third-order valence-electron chi connectivity index (χ3n) is 2.39. The first-order chi connectivity index (χ1) is 6.31. The van der Waals surface area contributed by atoms with E-state index in [1.54, 1.807) is 13.2 Å². The normalized spacial score (nSPS) is 14.1. The van der Waals surface area contributed by atoms with Crippen molar-refractivity contribution in [2.24, 2.45) is 0 Å². The zero-order valence-electron chi connectivity index (χ0n) is 8.04. The first-order valence-electron chi connectivity index (χ1n) is 4.40. The average Bonchev–Trinajstić information content (AvgIpc) is 2.17. The molecule has 2 N–H and O–H groups in total. The van der Waals surface area contributed by atoms with Crippen LogP contribution in [0.3, 0.4) is 0 Å². The highest BCUT2D eigenvalue weighted by Crippen LogP contribution is 2.30. The quantitative estimate of drug-likeness (QED) is 0.746. The number of phenolic OH excluding ortho intramolecular Hbond substituents is 1. The lowest BCUT2D eigenvalue weighted by molar-refractivity contribution is 0.371. The smallest absolute Gasteiger partial charge is 0.160 e. The van der Waals surface area contributed by atoms with E-state index in [1.165, 1.54) is 11.1 Å². The predicted molar refractivity (Wildman–Crippen MR) is 57.3 cm³/mol. The van der Waals surface area contributed by atoms with Gasteiger partial charge in [-0.1, -0.05) is 0 Å². The lowest BCUT2D eigenvalue weighted by Gasteiger charge is -2.18. The fourth-order valence-electron chi connectivity index (χ4n) is 1.66. The van der Waals surface area contributed by atoms with Crippen LogP contribution >= 0.6 is 12.4 Å². The number of halogens is 1. The summed E-state index contributed by atoms with van der Waals surface area (Å²) in [5.74, 6) is 0.797. The minimum Gasteiger partial charge on any atom is -0.504 e. The van der Waals surface area contributed by atoms with Gasteiger partial charge in [0.1, 0.15) is 0 Å². The van der Waals surface area contributed by atoms with E-state index >= 15 is 0 Å². The van der Waals surface area contributed by atoms with Crippen LogP contribution in [0.1, 0.15) is 11.1 Å². The van der Waals surface area contributed by atoms with E-state index in [1.807, 2.05) is 6.07 Å². The number of hydrogen-bond acceptors (Lipinski definition) is 3. The zero-order valence-corrected chi connectivity index (χ0v) is 8.86.